The number of benzene rings is 7. The Morgan fingerprint density at radius 3 is 1.86 bits per heavy atom. The van der Waals surface area contributed by atoms with Gasteiger partial charge < -0.3 is 19.7 Å². The summed E-state index contributed by atoms with van der Waals surface area (Å²) in [6, 6.07) is 53.9. The van der Waals surface area contributed by atoms with Gasteiger partial charge in [0, 0.05) is 33.5 Å². The van der Waals surface area contributed by atoms with Crippen molar-refractivity contribution in [2.24, 2.45) is 0 Å². The minimum absolute atomic E-state index is 0.240. The van der Waals surface area contributed by atoms with Gasteiger partial charge in [-0.25, -0.2) is 0 Å². The minimum atomic E-state index is 0.240. The third-order valence-electron chi connectivity index (χ3n) is 9.66. The zero-order valence-corrected chi connectivity index (χ0v) is 28.2. The zero-order chi connectivity index (χ0) is 34.2. The van der Waals surface area contributed by atoms with Crippen LogP contribution in [-0.2, 0) is 6.42 Å². The van der Waals surface area contributed by atoms with Gasteiger partial charge in [0.05, 0.1) is 11.0 Å². The molecule has 8 aromatic rings. The van der Waals surface area contributed by atoms with Crippen molar-refractivity contribution in [2.45, 2.75) is 26.7 Å². The van der Waals surface area contributed by atoms with Crippen LogP contribution in [0, 0.1) is 6.92 Å². The number of aromatic nitrogens is 1. The van der Waals surface area contributed by atoms with Crippen LogP contribution in [0.1, 0.15) is 24.5 Å². The number of phenolic OH excluding ortho intramolecular Hbond substituents is 2. The van der Waals surface area contributed by atoms with E-state index in [4.69, 9.17) is 0 Å². The monoisotopic (exact) mass is 650 g/mol. The van der Waals surface area contributed by atoms with Crippen LogP contribution < -0.4 is 4.90 Å². The molecule has 244 valence electrons. The summed E-state index contributed by atoms with van der Waals surface area (Å²) >= 11 is 0. The van der Waals surface area contributed by atoms with Crippen LogP contribution in [0.25, 0.3) is 49.7 Å². The van der Waals surface area contributed by atoms with Crippen LogP contribution in [-0.4, -0.2) is 14.8 Å². The van der Waals surface area contributed by atoms with Gasteiger partial charge in [0.15, 0.2) is 0 Å². The maximum Gasteiger partial charge on any atom is 0.116 e. The lowest BCUT2D eigenvalue weighted by atomic mass is 9.92. The number of aryl methyl sites for hydroxylation is 1. The van der Waals surface area contributed by atoms with Crippen LogP contribution in [0.5, 0.6) is 11.5 Å². The van der Waals surface area contributed by atoms with E-state index in [-0.39, 0.29) is 11.5 Å². The molecule has 0 amide bonds. The van der Waals surface area contributed by atoms with Crippen molar-refractivity contribution in [2.75, 3.05) is 4.90 Å². The Morgan fingerprint density at radius 2 is 1.14 bits per heavy atom. The molecule has 1 aromatic heterocycles. The van der Waals surface area contributed by atoms with E-state index in [1.807, 2.05) is 30.3 Å². The fourth-order valence-electron chi connectivity index (χ4n) is 7.30. The molecule has 2 N–H and O–H groups in total. The molecule has 0 atom stereocenters. The number of rotatable bonds is 8. The molecule has 7 aromatic carbocycles. The maximum atomic E-state index is 10.5. The van der Waals surface area contributed by atoms with Crippen LogP contribution >= 0.6 is 0 Å². The first-order valence-corrected chi connectivity index (χ1v) is 17.2. The highest BCUT2D eigenvalue weighted by atomic mass is 16.3. The van der Waals surface area contributed by atoms with E-state index in [1.54, 1.807) is 18.2 Å². The van der Waals surface area contributed by atoms with Crippen LogP contribution in [0.2, 0.25) is 0 Å². The molecule has 8 rings (SSSR count). The molecule has 0 bridgehead atoms. The summed E-state index contributed by atoms with van der Waals surface area (Å²) in [7, 11) is 0. The highest BCUT2D eigenvalue weighted by molar-refractivity contribution is 6.11. The van der Waals surface area contributed by atoms with E-state index in [2.05, 4.69) is 133 Å². The molecule has 0 aliphatic heterocycles. The normalized spacial score (nSPS) is 11.3. The molecule has 0 fully saturated rings. The lowest BCUT2D eigenvalue weighted by molar-refractivity contribution is 0.475. The number of fused-ring (bicyclic) bond motifs is 3. The molecule has 1 heterocycles. The molecule has 0 aliphatic carbocycles. The topological polar surface area (TPSA) is 48.6 Å². The minimum Gasteiger partial charge on any atom is -0.508 e. The summed E-state index contributed by atoms with van der Waals surface area (Å²) in [4.78, 5) is 2.30. The van der Waals surface area contributed by atoms with E-state index >= 15 is 0 Å². The first kappa shape index (κ1) is 31.0. The van der Waals surface area contributed by atoms with E-state index in [9.17, 15) is 10.2 Å². The number of hydrogen-bond donors (Lipinski definition) is 2. The molecule has 0 radical (unpaired) electrons. The van der Waals surface area contributed by atoms with Crippen molar-refractivity contribution in [3.63, 3.8) is 0 Å². The Hall–Kier alpha value is -6.26. The Morgan fingerprint density at radius 1 is 0.540 bits per heavy atom. The number of anilines is 3. The first-order chi connectivity index (χ1) is 24.5. The summed E-state index contributed by atoms with van der Waals surface area (Å²) in [5.41, 5.74) is 13.6. The van der Waals surface area contributed by atoms with Gasteiger partial charge in [-0.1, -0.05) is 86.1 Å². The predicted molar refractivity (Wildman–Crippen MR) is 208 cm³/mol. The summed E-state index contributed by atoms with van der Waals surface area (Å²) in [5.74, 6) is 0.492. The van der Waals surface area contributed by atoms with Gasteiger partial charge in [-0.05, 0) is 132 Å². The van der Waals surface area contributed by atoms with Gasteiger partial charge in [-0.15, -0.1) is 0 Å². The van der Waals surface area contributed by atoms with Crippen LogP contribution in [0.4, 0.5) is 17.1 Å². The Kier molecular flexibility index (Phi) is 8.06. The Labute approximate surface area is 292 Å². The zero-order valence-electron chi connectivity index (χ0n) is 28.2. The lowest BCUT2D eigenvalue weighted by Gasteiger charge is -2.29. The van der Waals surface area contributed by atoms with Gasteiger partial charge >= 0.3 is 0 Å². The number of phenols is 2. The van der Waals surface area contributed by atoms with Crippen LogP contribution in [0.3, 0.4) is 0 Å². The third kappa shape index (κ3) is 5.55. The highest BCUT2D eigenvalue weighted by Crippen LogP contribution is 2.43. The van der Waals surface area contributed by atoms with Crippen molar-refractivity contribution in [3.05, 3.63) is 169 Å². The standard InChI is InChI=1S/C46H38N2O2/c1-3-10-41-40(39-14-8-7-11-31(39)2)15-9-16-44(41)47(36-22-24-37(49)25-23-36)35-20-17-32(18-21-35)33-19-27-45-42(29-33)43-30-38(50)26-28-46(43)48(45)34-12-5-4-6-13-34/h4-9,11-30,49-50H,3,10H2,1-2H3. The van der Waals surface area contributed by atoms with Gasteiger partial charge in [0.1, 0.15) is 11.5 Å². The first-order valence-electron chi connectivity index (χ1n) is 17.2. The van der Waals surface area contributed by atoms with Gasteiger partial charge in [-0.2, -0.15) is 0 Å². The average Bonchev–Trinajstić information content (AvgIpc) is 3.47. The number of aromatic hydroxyl groups is 2. The highest BCUT2D eigenvalue weighted by Gasteiger charge is 2.20. The van der Waals surface area contributed by atoms with Crippen molar-refractivity contribution >= 4 is 38.9 Å². The van der Waals surface area contributed by atoms with Crippen molar-refractivity contribution in [1.29, 1.82) is 0 Å². The Bertz CT molecular complexity index is 2460. The van der Waals surface area contributed by atoms with Crippen molar-refractivity contribution in [3.8, 4) is 39.4 Å². The molecule has 0 saturated heterocycles. The number of para-hydroxylation sites is 1. The summed E-state index contributed by atoms with van der Waals surface area (Å²) in [6.45, 7) is 4.40. The quantitative estimate of drug-likeness (QED) is 0.172. The van der Waals surface area contributed by atoms with Crippen LogP contribution in [0.15, 0.2) is 158 Å². The lowest BCUT2D eigenvalue weighted by Crippen LogP contribution is -2.13. The van der Waals surface area contributed by atoms with E-state index in [0.29, 0.717) is 0 Å². The summed E-state index contributed by atoms with van der Waals surface area (Å²) in [5, 5.41) is 22.8. The SMILES string of the molecule is CCCc1c(-c2ccccc2C)cccc1N(c1ccc(O)cc1)c1ccc(-c2ccc3c(c2)c2cc(O)ccc2n3-c2ccccc2)cc1. The average molecular weight is 651 g/mol. The third-order valence-corrected chi connectivity index (χ3v) is 9.66. The molecule has 4 nitrogen and oxygen atoms in total. The maximum absolute atomic E-state index is 10.5. The molecule has 4 heteroatoms. The molecule has 0 aliphatic rings. The van der Waals surface area contributed by atoms with Crippen molar-refractivity contribution in [1.82, 2.24) is 4.57 Å². The molecular weight excluding hydrogens is 613 g/mol. The number of hydrogen-bond acceptors (Lipinski definition) is 3. The molecule has 50 heavy (non-hydrogen) atoms. The molecule has 0 spiro atoms. The Balaban J connectivity index is 1.25. The molecule has 0 saturated carbocycles. The predicted octanol–water partition coefficient (Wildman–Crippen LogP) is 12.3. The molecule has 0 unspecified atom stereocenters. The second kappa shape index (κ2) is 13.0. The second-order valence-electron chi connectivity index (χ2n) is 12.9. The van der Waals surface area contributed by atoms with E-state index < -0.39 is 0 Å². The fraction of sp³-hybridized carbons (Fsp3) is 0.0870. The van der Waals surface area contributed by atoms with Gasteiger partial charge in [-0.3, -0.25) is 0 Å². The second-order valence-corrected chi connectivity index (χ2v) is 12.9. The summed E-state index contributed by atoms with van der Waals surface area (Å²) < 4.78 is 2.26. The smallest absolute Gasteiger partial charge is 0.116 e. The van der Waals surface area contributed by atoms with Gasteiger partial charge in [0.2, 0.25) is 0 Å². The molecular formula is C46H38N2O2. The fourth-order valence-corrected chi connectivity index (χ4v) is 7.30. The van der Waals surface area contributed by atoms with Crippen molar-refractivity contribution < 1.29 is 10.2 Å². The number of nitrogens with zero attached hydrogens (tertiary/aromatic N) is 2. The summed E-state index contributed by atoms with van der Waals surface area (Å²) in [6.07, 6.45) is 1.94. The largest absolute Gasteiger partial charge is 0.508 e. The van der Waals surface area contributed by atoms with E-state index in [0.717, 1.165) is 68.5 Å². The van der Waals surface area contributed by atoms with Gasteiger partial charge in [0.25, 0.3) is 0 Å². The van der Waals surface area contributed by atoms with E-state index in [1.165, 1.54) is 22.3 Å².